The fraction of sp³-hybridized carbons (Fsp3) is 0.400. The van der Waals surface area contributed by atoms with Crippen LogP contribution in [0.15, 0.2) is 36.8 Å². The molecule has 0 radical (unpaired) electrons. The molecule has 1 aliphatic heterocycles. The number of likely N-dealkylation sites (tertiary alicyclic amines) is 1. The highest BCUT2D eigenvalue weighted by Gasteiger charge is 2.21. The van der Waals surface area contributed by atoms with Crippen molar-refractivity contribution in [3.8, 4) is 0 Å². The molecule has 6 nitrogen and oxygen atoms in total. The number of aromatic amines is 1. The van der Waals surface area contributed by atoms with Gasteiger partial charge in [-0.25, -0.2) is 0 Å². The van der Waals surface area contributed by atoms with E-state index < -0.39 is 0 Å². The molecular weight excluding hydrogens is 266 g/mol. The Bertz CT molecular complexity index is 561. The van der Waals surface area contributed by atoms with Gasteiger partial charge in [-0.05, 0) is 36.6 Å². The molecule has 0 unspecified atom stereocenters. The minimum absolute atomic E-state index is 0.0694. The number of pyridine rings is 1. The van der Waals surface area contributed by atoms with Crippen LogP contribution in [0.25, 0.3) is 0 Å². The average molecular weight is 285 g/mol. The monoisotopic (exact) mass is 285 g/mol. The maximum atomic E-state index is 11.9. The van der Waals surface area contributed by atoms with Crippen molar-refractivity contribution < 1.29 is 4.79 Å². The molecule has 0 bridgehead atoms. The molecular formula is C15H19N5O. The van der Waals surface area contributed by atoms with Crippen LogP contribution in [-0.2, 0) is 6.54 Å². The summed E-state index contributed by atoms with van der Waals surface area (Å²) in [6, 6.07) is 6.03. The van der Waals surface area contributed by atoms with Crippen LogP contribution in [0.2, 0.25) is 0 Å². The lowest BCUT2D eigenvalue weighted by Gasteiger charge is -2.32. The largest absolute Gasteiger partial charge is 0.348 e. The number of aromatic nitrogens is 3. The lowest BCUT2D eigenvalue weighted by Crippen LogP contribution is -2.44. The second-order valence-electron chi connectivity index (χ2n) is 5.35. The predicted octanol–water partition coefficient (Wildman–Crippen LogP) is 1.20. The number of piperidine rings is 1. The van der Waals surface area contributed by atoms with E-state index in [0.717, 1.165) is 32.5 Å². The fourth-order valence-electron chi connectivity index (χ4n) is 2.63. The molecule has 1 saturated heterocycles. The van der Waals surface area contributed by atoms with Gasteiger partial charge in [-0.15, -0.1) is 0 Å². The van der Waals surface area contributed by atoms with E-state index in [1.165, 1.54) is 5.56 Å². The Balaban J connectivity index is 1.46. The van der Waals surface area contributed by atoms with Crippen molar-refractivity contribution in [3.05, 3.63) is 48.0 Å². The van der Waals surface area contributed by atoms with E-state index in [4.69, 9.17) is 0 Å². The van der Waals surface area contributed by atoms with Gasteiger partial charge in [-0.2, -0.15) is 5.10 Å². The molecule has 2 aromatic heterocycles. The van der Waals surface area contributed by atoms with E-state index in [-0.39, 0.29) is 11.9 Å². The first-order valence-electron chi connectivity index (χ1n) is 7.23. The molecule has 1 aliphatic rings. The van der Waals surface area contributed by atoms with Crippen molar-refractivity contribution in [3.63, 3.8) is 0 Å². The molecule has 0 atom stereocenters. The molecule has 2 N–H and O–H groups in total. The third kappa shape index (κ3) is 3.66. The van der Waals surface area contributed by atoms with Crippen LogP contribution in [-0.4, -0.2) is 45.1 Å². The number of H-pyrrole nitrogens is 1. The second-order valence-corrected chi connectivity index (χ2v) is 5.35. The van der Waals surface area contributed by atoms with E-state index in [1.54, 1.807) is 12.3 Å². The number of amides is 1. The zero-order valence-corrected chi connectivity index (χ0v) is 11.8. The molecule has 21 heavy (non-hydrogen) atoms. The van der Waals surface area contributed by atoms with E-state index in [0.29, 0.717) is 5.69 Å². The number of nitrogens with one attached hydrogen (secondary N) is 2. The van der Waals surface area contributed by atoms with E-state index in [9.17, 15) is 4.79 Å². The predicted molar refractivity (Wildman–Crippen MR) is 78.6 cm³/mol. The Hall–Kier alpha value is -2.21. The summed E-state index contributed by atoms with van der Waals surface area (Å²) < 4.78 is 0. The van der Waals surface area contributed by atoms with Gasteiger partial charge in [-0.1, -0.05) is 0 Å². The number of nitrogens with zero attached hydrogens (tertiary/aromatic N) is 3. The molecule has 0 spiro atoms. The number of hydrogen-bond acceptors (Lipinski definition) is 4. The van der Waals surface area contributed by atoms with E-state index >= 15 is 0 Å². The Morgan fingerprint density at radius 2 is 2.00 bits per heavy atom. The van der Waals surface area contributed by atoms with Gasteiger partial charge in [0.25, 0.3) is 5.91 Å². The standard InChI is InChI=1S/C15H19N5O/c21-15(14-3-8-17-19-14)18-13-4-9-20(10-5-13)11-12-1-6-16-7-2-12/h1-3,6-8,13H,4-5,9-11H2,(H,17,19)(H,18,21). The highest BCUT2D eigenvalue weighted by atomic mass is 16.2. The van der Waals surface area contributed by atoms with Crippen molar-refractivity contribution in [1.29, 1.82) is 0 Å². The third-order valence-electron chi connectivity index (χ3n) is 3.82. The molecule has 1 fully saturated rings. The average Bonchev–Trinajstić information content (AvgIpc) is 3.05. The van der Waals surface area contributed by atoms with Crippen molar-refractivity contribution in [2.45, 2.75) is 25.4 Å². The molecule has 6 heteroatoms. The summed E-state index contributed by atoms with van der Waals surface area (Å²) in [5.41, 5.74) is 1.80. The smallest absolute Gasteiger partial charge is 0.269 e. The van der Waals surface area contributed by atoms with Gasteiger partial charge in [0, 0.05) is 44.3 Å². The first kappa shape index (κ1) is 13.8. The summed E-state index contributed by atoms with van der Waals surface area (Å²) in [6.45, 7) is 2.94. The summed E-state index contributed by atoms with van der Waals surface area (Å²) in [5.74, 6) is -0.0694. The van der Waals surface area contributed by atoms with Gasteiger partial charge < -0.3 is 5.32 Å². The lowest BCUT2D eigenvalue weighted by molar-refractivity contribution is 0.0904. The molecule has 2 aromatic rings. The minimum atomic E-state index is -0.0694. The Morgan fingerprint density at radius 1 is 1.24 bits per heavy atom. The SMILES string of the molecule is O=C(NC1CCN(Cc2ccncc2)CC1)c1ccn[nH]1. The van der Waals surface area contributed by atoms with Gasteiger partial charge >= 0.3 is 0 Å². The summed E-state index contributed by atoms with van der Waals surface area (Å²) in [7, 11) is 0. The van der Waals surface area contributed by atoms with Crippen LogP contribution in [0, 0.1) is 0 Å². The molecule has 0 saturated carbocycles. The minimum Gasteiger partial charge on any atom is -0.348 e. The van der Waals surface area contributed by atoms with Crippen LogP contribution in [0.4, 0.5) is 0 Å². The normalized spacial score (nSPS) is 16.8. The highest BCUT2D eigenvalue weighted by Crippen LogP contribution is 2.13. The second kappa shape index (κ2) is 6.49. The van der Waals surface area contributed by atoms with Crippen LogP contribution in [0.1, 0.15) is 28.9 Å². The lowest BCUT2D eigenvalue weighted by atomic mass is 10.0. The molecule has 0 aliphatic carbocycles. The quantitative estimate of drug-likeness (QED) is 0.885. The van der Waals surface area contributed by atoms with Gasteiger partial charge in [0.2, 0.25) is 0 Å². The summed E-state index contributed by atoms with van der Waals surface area (Å²) in [5, 5.41) is 9.54. The molecule has 1 amide bonds. The van der Waals surface area contributed by atoms with Gasteiger partial charge in [-0.3, -0.25) is 19.8 Å². The first-order valence-corrected chi connectivity index (χ1v) is 7.23. The summed E-state index contributed by atoms with van der Waals surface area (Å²) in [4.78, 5) is 18.4. The maximum absolute atomic E-state index is 11.9. The molecule has 3 heterocycles. The third-order valence-corrected chi connectivity index (χ3v) is 3.82. The van der Waals surface area contributed by atoms with Gasteiger partial charge in [0.1, 0.15) is 5.69 Å². The molecule has 3 rings (SSSR count). The Kier molecular flexibility index (Phi) is 4.25. The molecule has 110 valence electrons. The zero-order chi connectivity index (χ0) is 14.5. The molecule has 0 aromatic carbocycles. The van der Waals surface area contributed by atoms with E-state index in [1.807, 2.05) is 24.5 Å². The van der Waals surface area contributed by atoms with Crippen LogP contribution >= 0.6 is 0 Å². The van der Waals surface area contributed by atoms with Crippen LogP contribution in [0.5, 0.6) is 0 Å². The maximum Gasteiger partial charge on any atom is 0.269 e. The van der Waals surface area contributed by atoms with E-state index in [2.05, 4.69) is 25.4 Å². The number of hydrogen-bond donors (Lipinski definition) is 2. The fourth-order valence-corrected chi connectivity index (χ4v) is 2.63. The zero-order valence-electron chi connectivity index (χ0n) is 11.8. The van der Waals surface area contributed by atoms with Crippen molar-refractivity contribution >= 4 is 5.91 Å². The summed E-state index contributed by atoms with van der Waals surface area (Å²) in [6.07, 6.45) is 7.20. The van der Waals surface area contributed by atoms with Crippen molar-refractivity contribution in [2.24, 2.45) is 0 Å². The Labute approximate surface area is 123 Å². The highest BCUT2D eigenvalue weighted by molar-refractivity contribution is 5.92. The number of rotatable bonds is 4. The number of carbonyl (C=O) groups is 1. The topological polar surface area (TPSA) is 73.9 Å². The first-order chi connectivity index (χ1) is 10.3. The van der Waals surface area contributed by atoms with Crippen LogP contribution < -0.4 is 5.32 Å². The van der Waals surface area contributed by atoms with Gasteiger partial charge in [0.05, 0.1) is 0 Å². The van der Waals surface area contributed by atoms with Gasteiger partial charge in [0.15, 0.2) is 0 Å². The Morgan fingerprint density at radius 3 is 2.67 bits per heavy atom. The van der Waals surface area contributed by atoms with Crippen molar-refractivity contribution in [1.82, 2.24) is 25.4 Å². The number of carbonyl (C=O) groups excluding carboxylic acids is 1. The summed E-state index contributed by atoms with van der Waals surface area (Å²) >= 11 is 0. The van der Waals surface area contributed by atoms with Crippen LogP contribution in [0.3, 0.4) is 0 Å². The van der Waals surface area contributed by atoms with Crippen molar-refractivity contribution in [2.75, 3.05) is 13.1 Å².